The van der Waals surface area contributed by atoms with Crippen molar-refractivity contribution in [2.45, 2.75) is 13.8 Å². The molecule has 1 heteroatoms. The second kappa shape index (κ2) is 3.11. The van der Waals surface area contributed by atoms with Crippen LogP contribution in [-0.4, -0.2) is 0 Å². The van der Waals surface area contributed by atoms with Crippen LogP contribution in [0.25, 0.3) is 0 Å². The molecule has 0 N–H and O–H groups in total. The normalized spacial score (nSPS) is 9.27. The van der Waals surface area contributed by atoms with Gasteiger partial charge in [-0.1, -0.05) is 21.9 Å². The zero-order chi connectivity index (χ0) is 8.43. The molecule has 0 nitrogen and oxygen atoms in total. The third kappa shape index (κ3) is 1.64. The molecule has 11 heavy (non-hydrogen) atoms. The molecule has 0 saturated heterocycles. The van der Waals surface area contributed by atoms with Crippen LogP contribution in [0.1, 0.15) is 16.7 Å². The smallest absolute Gasteiger partial charge is 0.0248 e. The van der Waals surface area contributed by atoms with Gasteiger partial charge in [0.1, 0.15) is 0 Å². The Balaban J connectivity index is 3.35. The fourth-order valence-electron chi connectivity index (χ4n) is 1.03. The van der Waals surface area contributed by atoms with E-state index in [1.165, 1.54) is 11.1 Å². The van der Waals surface area contributed by atoms with Gasteiger partial charge in [-0.2, -0.15) is 0 Å². The van der Waals surface area contributed by atoms with Crippen molar-refractivity contribution in [1.29, 1.82) is 0 Å². The van der Waals surface area contributed by atoms with E-state index in [1.54, 1.807) is 0 Å². The molecular formula is C10H9Br. The summed E-state index contributed by atoms with van der Waals surface area (Å²) in [5, 5.41) is 0. The van der Waals surface area contributed by atoms with Crippen LogP contribution < -0.4 is 0 Å². The summed E-state index contributed by atoms with van der Waals surface area (Å²) < 4.78 is 1.15. The number of hydrogen-bond donors (Lipinski definition) is 0. The van der Waals surface area contributed by atoms with Crippen molar-refractivity contribution in [2.24, 2.45) is 0 Å². The first-order chi connectivity index (χ1) is 5.15. The van der Waals surface area contributed by atoms with Crippen LogP contribution >= 0.6 is 15.9 Å². The minimum Gasteiger partial charge on any atom is -0.115 e. The standard InChI is InChI=1S/C10H9Br/c1-4-9-5-7(2)10(11)8(3)6-9/h1,5-6H,2-3H3. The van der Waals surface area contributed by atoms with E-state index in [0.29, 0.717) is 0 Å². The zero-order valence-corrected chi connectivity index (χ0v) is 8.20. The van der Waals surface area contributed by atoms with Crippen molar-refractivity contribution in [3.63, 3.8) is 0 Å². The maximum absolute atomic E-state index is 5.27. The van der Waals surface area contributed by atoms with Gasteiger partial charge in [-0.15, -0.1) is 6.42 Å². The van der Waals surface area contributed by atoms with Gasteiger partial charge in [0.05, 0.1) is 0 Å². The Morgan fingerprint density at radius 2 is 1.73 bits per heavy atom. The first-order valence-corrected chi connectivity index (χ1v) is 4.18. The monoisotopic (exact) mass is 208 g/mol. The number of hydrogen-bond acceptors (Lipinski definition) is 0. The Kier molecular flexibility index (Phi) is 2.36. The topological polar surface area (TPSA) is 0 Å². The maximum atomic E-state index is 5.27. The van der Waals surface area contributed by atoms with E-state index in [9.17, 15) is 0 Å². The van der Waals surface area contributed by atoms with E-state index in [0.717, 1.165) is 10.0 Å². The molecule has 1 aromatic rings. The molecule has 0 atom stereocenters. The van der Waals surface area contributed by atoms with Crippen molar-refractivity contribution < 1.29 is 0 Å². The van der Waals surface area contributed by atoms with E-state index < -0.39 is 0 Å². The summed E-state index contributed by atoms with van der Waals surface area (Å²) in [5.74, 6) is 2.62. The lowest BCUT2D eigenvalue weighted by atomic mass is 10.1. The van der Waals surface area contributed by atoms with Gasteiger partial charge < -0.3 is 0 Å². The van der Waals surface area contributed by atoms with Gasteiger partial charge in [0.25, 0.3) is 0 Å². The highest BCUT2D eigenvalue weighted by Gasteiger charge is 1.99. The molecule has 0 spiro atoms. The minimum absolute atomic E-state index is 0.947. The predicted molar refractivity (Wildman–Crippen MR) is 51.6 cm³/mol. The van der Waals surface area contributed by atoms with E-state index in [4.69, 9.17) is 6.42 Å². The van der Waals surface area contributed by atoms with Crippen LogP contribution in [0, 0.1) is 26.2 Å². The molecule has 1 aromatic carbocycles. The Hall–Kier alpha value is -0.740. The van der Waals surface area contributed by atoms with Crippen LogP contribution in [0.5, 0.6) is 0 Å². The Morgan fingerprint density at radius 3 is 2.09 bits per heavy atom. The third-order valence-corrected chi connectivity index (χ3v) is 2.85. The van der Waals surface area contributed by atoms with E-state index in [2.05, 4.69) is 21.9 Å². The van der Waals surface area contributed by atoms with Gasteiger partial charge >= 0.3 is 0 Å². The number of benzene rings is 1. The summed E-state index contributed by atoms with van der Waals surface area (Å²) >= 11 is 3.47. The summed E-state index contributed by atoms with van der Waals surface area (Å²) in [7, 11) is 0. The van der Waals surface area contributed by atoms with Gasteiger partial charge in [-0.05, 0) is 37.1 Å². The molecule has 0 saturated carbocycles. The fourth-order valence-corrected chi connectivity index (χ4v) is 1.26. The Labute approximate surface area is 75.8 Å². The Bertz CT molecular complexity index is 295. The molecule has 0 aliphatic heterocycles. The summed E-state index contributed by atoms with van der Waals surface area (Å²) in [6.45, 7) is 4.08. The van der Waals surface area contributed by atoms with E-state index in [1.807, 2.05) is 26.0 Å². The van der Waals surface area contributed by atoms with Gasteiger partial charge in [-0.3, -0.25) is 0 Å². The molecule has 0 radical (unpaired) electrons. The highest BCUT2D eigenvalue weighted by molar-refractivity contribution is 9.10. The number of terminal acetylenes is 1. The van der Waals surface area contributed by atoms with Crippen LogP contribution in [0.15, 0.2) is 16.6 Å². The summed E-state index contributed by atoms with van der Waals surface area (Å²) in [4.78, 5) is 0. The van der Waals surface area contributed by atoms with Gasteiger partial charge in [0.2, 0.25) is 0 Å². The van der Waals surface area contributed by atoms with E-state index in [-0.39, 0.29) is 0 Å². The van der Waals surface area contributed by atoms with Crippen LogP contribution in [0.2, 0.25) is 0 Å². The average molecular weight is 209 g/mol. The molecule has 0 amide bonds. The molecular weight excluding hydrogens is 200 g/mol. The van der Waals surface area contributed by atoms with Crippen LogP contribution in [-0.2, 0) is 0 Å². The number of halogens is 1. The maximum Gasteiger partial charge on any atom is 0.0248 e. The molecule has 0 fully saturated rings. The summed E-state index contributed by atoms with van der Waals surface area (Å²) in [5.41, 5.74) is 3.33. The molecule has 0 heterocycles. The van der Waals surface area contributed by atoms with Crippen molar-refractivity contribution in [3.05, 3.63) is 33.3 Å². The number of aryl methyl sites for hydroxylation is 2. The van der Waals surface area contributed by atoms with E-state index >= 15 is 0 Å². The highest BCUT2D eigenvalue weighted by Crippen LogP contribution is 2.21. The molecule has 0 aromatic heterocycles. The predicted octanol–water partition coefficient (Wildman–Crippen LogP) is 3.05. The second-order valence-electron chi connectivity index (χ2n) is 2.57. The SMILES string of the molecule is C#Cc1cc(C)c(Br)c(C)c1. The highest BCUT2D eigenvalue weighted by atomic mass is 79.9. The molecule has 0 aliphatic rings. The average Bonchev–Trinajstić information content (AvgIpc) is 1.99. The molecule has 0 bridgehead atoms. The third-order valence-electron chi connectivity index (χ3n) is 1.60. The zero-order valence-electron chi connectivity index (χ0n) is 6.61. The van der Waals surface area contributed by atoms with Crippen molar-refractivity contribution >= 4 is 15.9 Å². The number of rotatable bonds is 0. The first kappa shape index (κ1) is 8.36. The summed E-state index contributed by atoms with van der Waals surface area (Å²) in [6.07, 6.45) is 5.27. The molecule has 56 valence electrons. The van der Waals surface area contributed by atoms with Gasteiger partial charge in [-0.25, -0.2) is 0 Å². The lowest BCUT2D eigenvalue weighted by Gasteiger charge is -2.02. The summed E-state index contributed by atoms with van der Waals surface area (Å²) in [6, 6.07) is 3.99. The quantitative estimate of drug-likeness (QED) is 0.576. The first-order valence-electron chi connectivity index (χ1n) is 3.38. The van der Waals surface area contributed by atoms with Crippen LogP contribution in [0.3, 0.4) is 0 Å². The van der Waals surface area contributed by atoms with Crippen molar-refractivity contribution in [3.8, 4) is 12.3 Å². The minimum atomic E-state index is 0.947. The lowest BCUT2D eigenvalue weighted by Crippen LogP contribution is -1.84. The lowest BCUT2D eigenvalue weighted by molar-refractivity contribution is 1.33. The van der Waals surface area contributed by atoms with Gasteiger partial charge in [0, 0.05) is 10.0 Å². The second-order valence-corrected chi connectivity index (χ2v) is 3.36. The molecule has 0 unspecified atom stereocenters. The van der Waals surface area contributed by atoms with Crippen molar-refractivity contribution in [1.82, 2.24) is 0 Å². The molecule has 0 aliphatic carbocycles. The largest absolute Gasteiger partial charge is 0.115 e. The fraction of sp³-hybridized carbons (Fsp3) is 0.200. The van der Waals surface area contributed by atoms with Crippen molar-refractivity contribution in [2.75, 3.05) is 0 Å². The molecule has 1 rings (SSSR count). The van der Waals surface area contributed by atoms with Crippen LogP contribution in [0.4, 0.5) is 0 Å². The van der Waals surface area contributed by atoms with Gasteiger partial charge in [0.15, 0.2) is 0 Å². The Morgan fingerprint density at radius 1 is 1.27 bits per heavy atom.